The molecule has 0 bridgehead atoms. The molecule has 28 heavy (non-hydrogen) atoms. The lowest BCUT2D eigenvalue weighted by Crippen LogP contribution is -2.51. The first kappa shape index (κ1) is 19.1. The molecule has 1 atom stereocenters. The molecule has 1 aromatic rings. The van der Waals surface area contributed by atoms with E-state index >= 15 is 0 Å². The molecule has 2 heterocycles. The van der Waals surface area contributed by atoms with Gasteiger partial charge in [0.2, 0.25) is 5.91 Å². The number of likely N-dealkylation sites (tertiary alicyclic amines) is 1. The predicted molar refractivity (Wildman–Crippen MR) is 105 cm³/mol. The number of urea groups is 1. The van der Waals surface area contributed by atoms with Crippen LogP contribution in [0.15, 0.2) is 24.3 Å². The maximum atomic E-state index is 13.0. The van der Waals surface area contributed by atoms with Gasteiger partial charge in [0.05, 0.1) is 13.2 Å². The molecule has 1 unspecified atom stereocenters. The summed E-state index contributed by atoms with van der Waals surface area (Å²) in [6, 6.07) is 7.55. The summed E-state index contributed by atoms with van der Waals surface area (Å²) in [7, 11) is 1.62. The molecular formula is C21H29N3O4. The number of carbonyl (C=O) groups excluding carboxylic acids is 2. The maximum absolute atomic E-state index is 13.0. The minimum absolute atomic E-state index is 0.109. The summed E-state index contributed by atoms with van der Waals surface area (Å²) >= 11 is 0. The van der Waals surface area contributed by atoms with Crippen LogP contribution in [0.3, 0.4) is 0 Å². The second-order valence-electron chi connectivity index (χ2n) is 7.91. The first-order valence-electron chi connectivity index (χ1n) is 10.3. The van der Waals surface area contributed by atoms with E-state index in [2.05, 4.69) is 10.2 Å². The SMILES string of the molecule is COc1ccc(NC(=O)N2CCC(N(C(=O)C3CC3)C3CCOCC3)C2)cc1. The molecule has 7 heteroatoms. The molecule has 2 aliphatic heterocycles. The Bertz CT molecular complexity index is 698. The largest absolute Gasteiger partial charge is 0.497 e. The third-order valence-corrected chi connectivity index (χ3v) is 5.95. The Morgan fingerprint density at radius 1 is 1.07 bits per heavy atom. The van der Waals surface area contributed by atoms with Gasteiger partial charge in [0.25, 0.3) is 0 Å². The zero-order valence-corrected chi connectivity index (χ0v) is 16.4. The van der Waals surface area contributed by atoms with Gasteiger partial charge in [-0.25, -0.2) is 4.79 Å². The predicted octanol–water partition coefficient (Wildman–Crippen LogP) is 2.72. The lowest BCUT2D eigenvalue weighted by molar-refractivity contribution is -0.139. The highest BCUT2D eigenvalue weighted by molar-refractivity contribution is 5.89. The van der Waals surface area contributed by atoms with E-state index in [1.165, 1.54) is 0 Å². The van der Waals surface area contributed by atoms with E-state index < -0.39 is 0 Å². The fourth-order valence-electron chi connectivity index (χ4n) is 4.19. The fourth-order valence-corrected chi connectivity index (χ4v) is 4.19. The van der Waals surface area contributed by atoms with Crippen LogP contribution in [0.25, 0.3) is 0 Å². The number of rotatable bonds is 5. The van der Waals surface area contributed by atoms with Crippen molar-refractivity contribution >= 4 is 17.6 Å². The van der Waals surface area contributed by atoms with Gasteiger partial charge in [-0.1, -0.05) is 0 Å². The molecule has 152 valence electrons. The second kappa shape index (κ2) is 8.39. The molecule has 3 aliphatic rings. The van der Waals surface area contributed by atoms with E-state index in [9.17, 15) is 9.59 Å². The van der Waals surface area contributed by atoms with Crippen LogP contribution >= 0.6 is 0 Å². The van der Waals surface area contributed by atoms with Crippen LogP contribution in [0.2, 0.25) is 0 Å². The van der Waals surface area contributed by atoms with Gasteiger partial charge in [-0.15, -0.1) is 0 Å². The Hall–Kier alpha value is -2.28. The molecular weight excluding hydrogens is 358 g/mol. The number of hydrogen-bond donors (Lipinski definition) is 1. The van der Waals surface area contributed by atoms with E-state index in [4.69, 9.17) is 9.47 Å². The molecule has 1 aliphatic carbocycles. The van der Waals surface area contributed by atoms with Crippen molar-refractivity contribution in [1.29, 1.82) is 0 Å². The number of anilines is 1. The van der Waals surface area contributed by atoms with Gasteiger partial charge < -0.3 is 24.6 Å². The van der Waals surface area contributed by atoms with Crippen LogP contribution in [0.5, 0.6) is 5.75 Å². The highest BCUT2D eigenvalue weighted by atomic mass is 16.5. The summed E-state index contributed by atoms with van der Waals surface area (Å²) in [5.74, 6) is 1.24. The van der Waals surface area contributed by atoms with E-state index in [1.54, 1.807) is 7.11 Å². The molecule has 0 radical (unpaired) electrons. The first-order valence-corrected chi connectivity index (χ1v) is 10.3. The summed E-state index contributed by atoms with van der Waals surface area (Å²) in [5.41, 5.74) is 0.740. The quantitative estimate of drug-likeness (QED) is 0.843. The molecule has 0 spiro atoms. The van der Waals surface area contributed by atoms with E-state index in [-0.39, 0.29) is 29.9 Å². The third kappa shape index (κ3) is 4.24. The monoisotopic (exact) mass is 387 g/mol. The molecule has 3 amide bonds. The Morgan fingerprint density at radius 2 is 1.79 bits per heavy atom. The maximum Gasteiger partial charge on any atom is 0.321 e. The number of amides is 3. The van der Waals surface area contributed by atoms with Crippen molar-refractivity contribution in [2.75, 3.05) is 38.7 Å². The van der Waals surface area contributed by atoms with Crippen molar-refractivity contribution < 1.29 is 19.1 Å². The number of ether oxygens (including phenoxy) is 2. The number of carbonyl (C=O) groups is 2. The molecule has 1 saturated carbocycles. The van der Waals surface area contributed by atoms with Crippen LogP contribution < -0.4 is 10.1 Å². The van der Waals surface area contributed by atoms with Gasteiger partial charge in [0.1, 0.15) is 5.75 Å². The third-order valence-electron chi connectivity index (χ3n) is 5.95. The van der Waals surface area contributed by atoms with Crippen molar-refractivity contribution in [2.24, 2.45) is 5.92 Å². The molecule has 2 saturated heterocycles. The van der Waals surface area contributed by atoms with Crippen LogP contribution in [-0.2, 0) is 9.53 Å². The number of methoxy groups -OCH3 is 1. The Labute approximate surface area is 166 Å². The lowest BCUT2D eigenvalue weighted by Gasteiger charge is -2.38. The van der Waals surface area contributed by atoms with E-state index in [0.29, 0.717) is 26.3 Å². The summed E-state index contributed by atoms with van der Waals surface area (Å²) < 4.78 is 10.6. The van der Waals surface area contributed by atoms with Gasteiger partial charge in [0.15, 0.2) is 0 Å². The van der Waals surface area contributed by atoms with Crippen molar-refractivity contribution in [3.8, 4) is 5.75 Å². The van der Waals surface area contributed by atoms with Crippen molar-refractivity contribution in [3.05, 3.63) is 24.3 Å². The average Bonchev–Trinajstić information content (AvgIpc) is 3.47. The van der Waals surface area contributed by atoms with Gasteiger partial charge in [-0.2, -0.15) is 0 Å². The highest BCUT2D eigenvalue weighted by Crippen LogP contribution is 2.35. The number of nitrogens with one attached hydrogen (secondary N) is 1. The van der Waals surface area contributed by atoms with Crippen LogP contribution in [0.1, 0.15) is 32.1 Å². The summed E-state index contributed by atoms with van der Waals surface area (Å²) in [4.78, 5) is 29.6. The van der Waals surface area contributed by atoms with Gasteiger partial charge in [0, 0.05) is 44.0 Å². The highest BCUT2D eigenvalue weighted by Gasteiger charge is 2.42. The minimum atomic E-state index is -0.113. The van der Waals surface area contributed by atoms with Crippen molar-refractivity contribution in [2.45, 2.75) is 44.2 Å². The number of nitrogens with zero attached hydrogens (tertiary/aromatic N) is 2. The average molecular weight is 387 g/mol. The minimum Gasteiger partial charge on any atom is -0.497 e. The molecule has 4 rings (SSSR count). The van der Waals surface area contributed by atoms with Gasteiger partial charge >= 0.3 is 6.03 Å². The normalized spacial score (nSPS) is 22.8. The molecule has 3 fully saturated rings. The first-order chi connectivity index (χ1) is 13.7. The summed E-state index contributed by atoms with van der Waals surface area (Å²) in [5, 5.41) is 2.95. The van der Waals surface area contributed by atoms with Crippen LogP contribution in [0.4, 0.5) is 10.5 Å². The van der Waals surface area contributed by atoms with Crippen molar-refractivity contribution in [3.63, 3.8) is 0 Å². The van der Waals surface area contributed by atoms with Crippen LogP contribution in [-0.4, -0.2) is 67.2 Å². The standard InChI is InChI=1S/C21H29N3O4/c1-27-19-6-4-16(5-7-19)22-21(26)23-11-8-18(14-23)24(20(25)15-2-3-15)17-9-12-28-13-10-17/h4-7,15,17-18H,2-3,8-14H2,1H3,(H,22,26). The number of benzene rings is 1. The van der Waals surface area contributed by atoms with Gasteiger partial charge in [-0.3, -0.25) is 4.79 Å². The summed E-state index contributed by atoms with van der Waals surface area (Å²) in [6.07, 6.45) is 4.64. The zero-order chi connectivity index (χ0) is 19.5. The lowest BCUT2D eigenvalue weighted by atomic mass is 10.0. The number of hydrogen-bond acceptors (Lipinski definition) is 4. The Kier molecular flexibility index (Phi) is 5.71. The zero-order valence-electron chi connectivity index (χ0n) is 16.4. The van der Waals surface area contributed by atoms with E-state index in [1.807, 2.05) is 29.2 Å². The molecule has 1 N–H and O–H groups in total. The van der Waals surface area contributed by atoms with E-state index in [0.717, 1.165) is 43.5 Å². The van der Waals surface area contributed by atoms with Crippen molar-refractivity contribution in [1.82, 2.24) is 9.80 Å². The molecule has 1 aromatic carbocycles. The van der Waals surface area contributed by atoms with Gasteiger partial charge in [-0.05, 0) is 56.4 Å². The summed E-state index contributed by atoms with van der Waals surface area (Å²) in [6.45, 7) is 2.70. The van der Waals surface area contributed by atoms with Crippen LogP contribution in [0, 0.1) is 5.92 Å². The fraction of sp³-hybridized carbons (Fsp3) is 0.619. The molecule has 0 aromatic heterocycles. The smallest absolute Gasteiger partial charge is 0.321 e. The molecule has 7 nitrogen and oxygen atoms in total. The topological polar surface area (TPSA) is 71.1 Å². The second-order valence-corrected chi connectivity index (χ2v) is 7.91. The Morgan fingerprint density at radius 3 is 2.43 bits per heavy atom. The Balaban J connectivity index is 1.38.